The molecule has 2 fully saturated rings. The lowest BCUT2D eigenvalue weighted by atomic mass is 9.98. The summed E-state index contributed by atoms with van der Waals surface area (Å²) in [5.41, 5.74) is -0.128. The first-order chi connectivity index (χ1) is 8.25. The topological polar surface area (TPSA) is 57.8 Å². The van der Waals surface area contributed by atoms with Gasteiger partial charge in [0.1, 0.15) is 10.3 Å². The van der Waals surface area contributed by atoms with Gasteiger partial charge in [0.25, 0.3) is 5.56 Å². The van der Waals surface area contributed by atoms with Crippen molar-refractivity contribution in [2.45, 2.75) is 25.7 Å². The SMILES string of the molecule is O=c1[nH]cnc(NCC(C2CC2)C2CC2)c1Br. The molecule has 0 atom stereocenters. The maximum atomic E-state index is 11.4. The highest BCUT2D eigenvalue weighted by Gasteiger charge is 2.41. The molecule has 2 aliphatic rings. The van der Waals surface area contributed by atoms with Gasteiger partial charge in [0.15, 0.2) is 0 Å². The quantitative estimate of drug-likeness (QED) is 0.877. The zero-order valence-electron chi connectivity index (χ0n) is 9.58. The Bertz CT molecular complexity index is 453. The molecule has 17 heavy (non-hydrogen) atoms. The van der Waals surface area contributed by atoms with Gasteiger partial charge in [-0.1, -0.05) is 0 Å². The van der Waals surface area contributed by atoms with Crippen molar-refractivity contribution in [3.05, 3.63) is 21.2 Å². The third kappa shape index (κ3) is 2.54. The van der Waals surface area contributed by atoms with Crippen LogP contribution in [0.1, 0.15) is 25.7 Å². The average molecular weight is 298 g/mol. The number of hydrogen-bond acceptors (Lipinski definition) is 3. The van der Waals surface area contributed by atoms with E-state index in [0.717, 1.165) is 24.3 Å². The molecular weight excluding hydrogens is 282 g/mol. The Hall–Kier alpha value is -0.840. The van der Waals surface area contributed by atoms with Gasteiger partial charge in [0.05, 0.1) is 6.33 Å². The van der Waals surface area contributed by atoms with E-state index in [1.54, 1.807) is 0 Å². The van der Waals surface area contributed by atoms with E-state index in [-0.39, 0.29) is 5.56 Å². The van der Waals surface area contributed by atoms with Gasteiger partial charge in [0.2, 0.25) is 0 Å². The molecule has 3 rings (SSSR count). The second-order valence-electron chi connectivity index (χ2n) is 5.11. The van der Waals surface area contributed by atoms with Gasteiger partial charge in [0, 0.05) is 6.54 Å². The molecule has 0 bridgehead atoms. The second kappa shape index (κ2) is 4.44. The van der Waals surface area contributed by atoms with Crippen molar-refractivity contribution in [3.63, 3.8) is 0 Å². The number of hydrogen-bond donors (Lipinski definition) is 2. The van der Waals surface area contributed by atoms with E-state index >= 15 is 0 Å². The minimum absolute atomic E-state index is 0.128. The van der Waals surface area contributed by atoms with Crippen LogP contribution in [0.2, 0.25) is 0 Å². The van der Waals surface area contributed by atoms with E-state index in [9.17, 15) is 4.79 Å². The van der Waals surface area contributed by atoms with Crippen LogP contribution in [0.4, 0.5) is 5.82 Å². The first-order valence-corrected chi connectivity index (χ1v) is 7.02. The van der Waals surface area contributed by atoms with Gasteiger partial charge in [-0.3, -0.25) is 4.79 Å². The van der Waals surface area contributed by atoms with E-state index in [1.165, 1.54) is 32.0 Å². The molecule has 0 radical (unpaired) electrons. The fraction of sp³-hybridized carbons (Fsp3) is 0.667. The number of nitrogens with zero attached hydrogens (tertiary/aromatic N) is 1. The van der Waals surface area contributed by atoms with Crippen LogP contribution < -0.4 is 10.9 Å². The van der Waals surface area contributed by atoms with Crippen LogP contribution in [-0.2, 0) is 0 Å². The average Bonchev–Trinajstić information content (AvgIpc) is 3.14. The lowest BCUT2D eigenvalue weighted by molar-refractivity contribution is 0.427. The first-order valence-electron chi connectivity index (χ1n) is 6.23. The highest BCUT2D eigenvalue weighted by molar-refractivity contribution is 9.10. The van der Waals surface area contributed by atoms with Crippen LogP contribution in [0, 0.1) is 17.8 Å². The minimum atomic E-state index is -0.128. The van der Waals surface area contributed by atoms with E-state index < -0.39 is 0 Å². The summed E-state index contributed by atoms with van der Waals surface area (Å²) in [4.78, 5) is 18.1. The first kappa shape index (κ1) is 11.3. The molecule has 0 amide bonds. The van der Waals surface area contributed by atoms with E-state index in [1.807, 2.05) is 0 Å². The predicted molar refractivity (Wildman–Crippen MR) is 70.0 cm³/mol. The summed E-state index contributed by atoms with van der Waals surface area (Å²) in [6, 6.07) is 0. The zero-order valence-corrected chi connectivity index (χ0v) is 11.2. The van der Waals surface area contributed by atoms with Gasteiger partial charge in [-0.2, -0.15) is 0 Å². The normalized spacial score (nSPS) is 19.6. The number of halogens is 1. The van der Waals surface area contributed by atoms with E-state index in [2.05, 4.69) is 31.2 Å². The highest BCUT2D eigenvalue weighted by Crippen LogP contribution is 2.49. The third-order valence-electron chi connectivity index (χ3n) is 3.76. The monoisotopic (exact) mass is 297 g/mol. The molecule has 0 unspecified atom stereocenters. The number of aromatic nitrogens is 2. The lowest BCUT2D eigenvalue weighted by Crippen LogP contribution is -2.20. The smallest absolute Gasteiger partial charge is 0.267 e. The molecule has 2 aliphatic carbocycles. The summed E-state index contributed by atoms with van der Waals surface area (Å²) in [6.07, 6.45) is 6.97. The molecule has 0 aromatic carbocycles. The summed E-state index contributed by atoms with van der Waals surface area (Å²) in [6.45, 7) is 0.949. The number of rotatable bonds is 5. The van der Waals surface area contributed by atoms with E-state index in [0.29, 0.717) is 10.3 Å². The summed E-state index contributed by atoms with van der Waals surface area (Å²) in [5, 5.41) is 3.32. The van der Waals surface area contributed by atoms with Crippen molar-refractivity contribution in [3.8, 4) is 0 Å². The molecule has 2 N–H and O–H groups in total. The zero-order chi connectivity index (χ0) is 11.8. The van der Waals surface area contributed by atoms with Crippen molar-refractivity contribution < 1.29 is 0 Å². The molecule has 4 nitrogen and oxygen atoms in total. The Labute approximate surface area is 108 Å². The van der Waals surface area contributed by atoms with Crippen molar-refractivity contribution in [1.29, 1.82) is 0 Å². The van der Waals surface area contributed by atoms with Crippen LogP contribution in [-0.4, -0.2) is 16.5 Å². The fourth-order valence-corrected chi connectivity index (χ4v) is 2.84. The molecule has 1 heterocycles. The molecule has 1 aromatic heterocycles. The van der Waals surface area contributed by atoms with Crippen molar-refractivity contribution >= 4 is 21.7 Å². The lowest BCUT2D eigenvalue weighted by Gasteiger charge is -2.16. The summed E-state index contributed by atoms with van der Waals surface area (Å²) < 4.78 is 0.505. The molecule has 92 valence electrons. The molecular formula is C12H16BrN3O. The van der Waals surface area contributed by atoms with Gasteiger partial charge >= 0.3 is 0 Å². The Morgan fingerprint density at radius 1 is 1.41 bits per heavy atom. The summed E-state index contributed by atoms with van der Waals surface area (Å²) in [7, 11) is 0. The van der Waals surface area contributed by atoms with Crippen LogP contribution in [0.3, 0.4) is 0 Å². The Morgan fingerprint density at radius 3 is 2.65 bits per heavy atom. The Morgan fingerprint density at radius 2 is 2.06 bits per heavy atom. The third-order valence-corrected chi connectivity index (χ3v) is 4.49. The van der Waals surface area contributed by atoms with Gasteiger partial charge in [-0.05, 0) is 59.4 Å². The Kier molecular flexibility index (Phi) is 2.94. The molecule has 0 saturated heterocycles. The summed E-state index contributed by atoms with van der Waals surface area (Å²) in [5.74, 6) is 3.27. The maximum Gasteiger partial charge on any atom is 0.267 e. The maximum absolute atomic E-state index is 11.4. The molecule has 0 aliphatic heterocycles. The van der Waals surface area contributed by atoms with Gasteiger partial charge < -0.3 is 10.3 Å². The number of anilines is 1. The van der Waals surface area contributed by atoms with E-state index in [4.69, 9.17) is 0 Å². The molecule has 1 aromatic rings. The fourth-order valence-electron chi connectivity index (χ4n) is 2.49. The van der Waals surface area contributed by atoms with Crippen LogP contribution in [0.5, 0.6) is 0 Å². The van der Waals surface area contributed by atoms with Crippen molar-refractivity contribution in [2.75, 3.05) is 11.9 Å². The summed E-state index contributed by atoms with van der Waals surface area (Å²) >= 11 is 3.27. The van der Waals surface area contributed by atoms with Gasteiger partial charge in [-0.15, -0.1) is 0 Å². The second-order valence-corrected chi connectivity index (χ2v) is 5.91. The van der Waals surface area contributed by atoms with Crippen LogP contribution in [0.25, 0.3) is 0 Å². The molecule has 2 saturated carbocycles. The van der Waals surface area contributed by atoms with Crippen LogP contribution in [0.15, 0.2) is 15.6 Å². The van der Waals surface area contributed by atoms with Gasteiger partial charge in [-0.25, -0.2) is 4.98 Å². The van der Waals surface area contributed by atoms with Crippen molar-refractivity contribution in [1.82, 2.24) is 9.97 Å². The van der Waals surface area contributed by atoms with Crippen LogP contribution >= 0.6 is 15.9 Å². The standard InChI is InChI=1S/C12H16BrN3O/c13-10-11(15-6-16-12(10)17)14-5-9(7-1-2-7)8-3-4-8/h6-9H,1-5H2,(H2,14,15,16,17). The minimum Gasteiger partial charge on any atom is -0.369 e. The largest absolute Gasteiger partial charge is 0.369 e. The molecule has 0 spiro atoms. The number of aromatic amines is 1. The predicted octanol–water partition coefficient (Wildman–Crippen LogP) is 2.38. The number of H-pyrrole nitrogens is 1. The number of nitrogens with one attached hydrogen (secondary N) is 2. The Balaban J connectivity index is 1.66. The molecule has 5 heteroatoms. The van der Waals surface area contributed by atoms with Crippen molar-refractivity contribution in [2.24, 2.45) is 17.8 Å². The highest BCUT2D eigenvalue weighted by atomic mass is 79.9.